The van der Waals surface area contributed by atoms with E-state index in [1.165, 1.54) is 4.90 Å². The second kappa shape index (κ2) is 9.52. The number of benzene rings is 2. The number of carbonyl (C=O) groups is 4. The van der Waals surface area contributed by atoms with Crippen LogP contribution < -0.4 is 9.64 Å². The molecule has 2 heterocycles. The molecule has 0 bridgehead atoms. The first kappa shape index (κ1) is 24.2. The van der Waals surface area contributed by atoms with Crippen LogP contribution >= 0.6 is 0 Å². The number of amides is 3. The van der Waals surface area contributed by atoms with Gasteiger partial charge in [0, 0.05) is 13.0 Å². The Morgan fingerprint density at radius 2 is 1.72 bits per heavy atom. The molecule has 0 spiro atoms. The van der Waals surface area contributed by atoms with Gasteiger partial charge in [-0.05, 0) is 68.4 Å². The van der Waals surface area contributed by atoms with Crippen molar-refractivity contribution in [3.63, 3.8) is 0 Å². The Balaban J connectivity index is 1.26. The molecule has 3 aliphatic rings. The van der Waals surface area contributed by atoms with Crippen LogP contribution in [0, 0.1) is 30.6 Å². The van der Waals surface area contributed by atoms with Gasteiger partial charge in [-0.3, -0.25) is 19.2 Å². The Hall–Kier alpha value is -3.48. The van der Waals surface area contributed by atoms with Crippen LogP contribution in [0.25, 0.3) is 0 Å². The molecule has 36 heavy (non-hydrogen) atoms. The molecular weight excluding hydrogens is 456 g/mol. The summed E-state index contributed by atoms with van der Waals surface area (Å²) in [6.07, 6.45) is 2.58. The number of imide groups is 1. The maximum absolute atomic E-state index is 13.1. The van der Waals surface area contributed by atoms with Gasteiger partial charge < -0.3 is 9.64 Å². The zero-order chi connectivity index (χ0) is 25.6. The average Bonchev–Trinajstić information content (AvgIpc) is 3.37. The molecule has 0 aromatic heterocycles. The minimum absolute atomic E-state index is 0.0679. The van der Waals surface area contributed by atoms with Gasteiger partial charge in [-0.2, -0.15) is 0 Å². The average molecular weight is 489 g/mol. The molecule has 0 N–H and O–H groups in total. The van der Waals surface area contributed by atoms with E-state index in [2.05, 4.69) is 6.92 Å². The molecular formula is C29H32N2O5. The zero-order valence-corrected chi connectivity index (χ0v) is 21.0. The van der Waals surface area contributed by atoms with Gasteiger partial charge in [-0.1, -0.05) is 37.3 Å². The van der Waals surface area contributed by atoms with Crippen LogP contribution in [0.4, 0.5) is 5.69 Å². The van der Waals surface area contributed by atoms with E-state index in [0.29, 0.717) is 29.5 Å². The van der Waals surface area contributed by atoms with E-state index < -0.39 is 11.9 Å². The fourth-order valence-electron chi connectivity index (χ4n) is 5.94. The van der Waals surface area contributed by atoms with E-state index in [1.54, 1.807) is 30.0 Å². The molecule has 1 aliphatic carbocycles. The molecule has 7 heteroatoms. The van der Waals surface area contributed by atoms with Crippen molar-refractivity contribution >= 4 is 29.4 Å². The third kappa shape index (κ3) is 4.31. The summed E-state index contributed by atoms with van der Waals surface area (Å²) in [4.78, 5) is 54.7. The van der Waals surface area contributed by atoms with E-state index in [1.807, 2.05) is 37.3 Å². The molecule has 7 nitrogen and oxygen atoms in total. The summed E-state index contributed by atoms with van der Waals surface area (Å²) in [5, 5.41) is 0. The lowest BCUT2D eigenvalue weighted by Crippen LogP contribution is -2.31. The van der Waals surface area contributed by atoms with Gasteiger partial charge in [0.15, 0.2) is 0 Å². The van der Waals surface area contributed by atoms with Crippen LogP contribution in [0.15, 0.2) is 48.5 Å². The topological polar surface area (TPSA) is 84.0 Å². The number of nitrogens with zero attached hydrogens (tertiary/aromatic N) is 2. The largest absolute Gasteiger partial charge is 0.426 e. The normalized spacial score (nSPS) is 26.8. The summed E-state index contributed by atoms with van der Waals surface area (Å²) in [7, 11) is 0. The van der Waals surface area contributed by atoms with Gasteiger partial charge in [0.25, 0.3) is 0 Å². The standard InChI is InChI=1S/C29H32N2O5/c1-17-9-11-23-24(13-17)28(34)31(27(23)33)25-12-10-22(14-18(25)2)36-29(35)21-15-26(32)30(16-21)19(3)20-7-5-4-6-8-20/h4-8,10,12,14,17,19,21,23-24H,9,11,13,15-16H2,1-3H3/t17-,19-,21-,23-,24+/m1/s1. The number of hydrogen-bond acceptors (Lipinski definition) is 5. The summed E-state index contributed by atoms with van der Waals surface area (Å²) in [6.45, 7) is 6.20. The van der Waals surface area contributed by atoms with Gasteiger partial charge in [0.1, 0.15) is 5.75 Å². The zero-order valence-electron chi connectivity index (χ0n) is 21.0. The molecule has 2 aliphatic heterocycles. The van der Waals surface area contributed by atoms with Crippen molar-refractivity contribution in [3.05, 3.63) is 59.7 Å². The summed E-state index contributed by atoms with van der Waals surface area (Å²) >= 11 is 0. The van der Waals surface area contributed by atoms with Crippen molar-refractivity contribution in [3.8, 4) is 5.75 Å². The Labute approximate surface area is 211 Å². The van der Waals surface area contributed by atoms with E-state index in [4.69, 9.17) is 4.74 Å². The molecule has 188 valence electrons. The Morgan fingerprint density at radius 1 is 1.00 bits per heavy atom. The second-order valence-corrected chi connectivity index (χ2v) is 10.5. The third-order valence-corrected chi connectivity index (χ3v) is 8.06. The fourth-order valence-corrected chi connectivity index (χ4v) is 5.94. The minimum atomic E-state index is -0.546. The summed E-state index contributed by atoms with van der Waals surface area (Å²) < 4.78 is 5.64. The fraction of sp³-hybridized carbons (Fsp3) is 0.448. The Kier molecular flexibility index (Phi) is 6.41. The van der Waals surface area contributed by atoms with E-state index in [0.717, 1.165) is 24.8 Å². The van der Waals surface area contributed by atoms with Crippen LogP contribution in [0.3, 0.4) is 0 Å². The second-order valence-electron chi connectivity index (χ2n) is 10.5. The van der Waals surface area contributed by atoms with E-state index in [-0.39, 0.29) is 42.0 Å². The predicted molar refractivity (Wildman–Crippen MR) is 134 cm³/mol. The van der Waals surface area contributed by atoms with Gasteiger partial charge in [0.05, 0.1) is 29.5 Å². The number of ether oxygens (including phenoxy) is 1. The molecule has 2 saturated heterocycles. The predicted octanol–water partition coefficient (Wildman–Crippen LogP) is 4.44. The molecule has 0 unspecified atom stereocenters. The Morgan fingerprint density at radius 3 is 2.44 bits per heavy atom. The van der Waals surface area contributed by atoms with Crippen molar-refractivity contribution in [1.82, 2.24) is 4.90 Å². The lowest BCUT2D eigenvalue weighted by molar-refractivity contribution is -0.139. The molecule has 0 radical (unpaired) electrons. The van der Waals surface area contributed by atoms with Gasteiger partial charge in [-0.25, -0.2) is 4.90 Å². The molecule has 2 aromatic rings. The summed E-state index contributed by atoms with van der Waals surface area (Å²) in [5.74, 6) is -0.994. The van der Waals surface area contributed by atoms with Crippen LogP contribution in [-0.2, 0) is 19.2 Å². The van der Waals surface area contributed by atoms with Crippen molar-refractivity contribution in [2.75, 3.05) is 11.4 Å². The number of esters is 1. The highest BCUT2D eigenvalue weighted by atomic mass is 16.5. The van der Waals surface area contributed by atoms with Crippen molar-refractivity contribution in [2.24, 2.45) is 23.7 Å². The number of rotatable bonds is 5. The van der Waals surface area contributed by atoms with E-state index in [9.17, 15) is 19.2 Å². The number of fused-ring (bicyclic) bond motifs is 1. The maximum Gasteiger partial charge on any atom is 0.316 e. The number of carbonyl (C=O) groups excluding carboxylic acids is 4. The molecule has 2 aromatic carbocycles. The molecule has 3 fully saturated rings. The Bertz CT molecular complexity index is 1210. The summed E-state index contributed by atoms with van der Waals surface area (Å²) in [5.41, 5.74) is 2.26. The van der Waals surface area contributed by atoms with E-state index >= 15 is 0 Å². The number of likely N-dealkylation sites (tertiary alicyclic amines) is 1. The quantitative estimate of drug-likeness (QED) is 0.353. The van der Waals surface area contributed by atoms with Crippen molar-refractivity contribution in [1.29, 1.82) is 0 Å². The maximum atomic E-state index is 13.1. The third-order valence-electron chi connectivity index (χ3n) is 8.06. The van der Waals surface area contributed by atoms with Gasteiger partial charge in [0.2, 0.25) is 17.7 Å². The van der Waals surface area contributed by atoms with Crippen molar-refractivity contribution < 1.29 is 23.9 Å². The number of aryl methyl sites for hydroxylation is 1. The SMILES string of the molecule is Cc1cc(OC(=O)[C@@H]2CC(=O)N([C@H](C)c3ccccc3)C2)ccc1N1C(=O)[C@H]2C[C@H](C)CC[C@H]2C1=O. The number of anilines is 1. The summed E-state index contributed by atoms with van der Waals surface area (Å²) in [6, 6.07) is 14.6. The van der Waals surface area contributed by atoms with Crippen molar-refractivity contribution in [2.45, 2.75) is 52.5 Å². The van der Waals surface area contributed by atoms with Crippen LogP contribution in [-0.4, -0.2) is 35.1 Å². The van der Waals surface area contributed by atoms with Crippen LogP contribution in [0.2, 0.25) is 0 Å². The first-order valence-electron chi connectivity index (χ1n) is 12.8. The molecule has 5 rings (SSSR count). The molecule has 5 atom stereocenters. The van der Waals surface area contributed by atoms with Crippen LogP contribution in [0.1, 0.15) is 56.7 Å². The lowest BCUT2D eigenvalue weighted by atomic mass is 9.76. The molecule has 1 saturated carbocycles. The highest BCUT2D eigenvalue weighted by Crippen LogP contribution is 2.43. The molecule has 3 amide bonds. The van der Waals surface area contributed by atoms with Gasteiger partial charge >= 0.3 is 5.97 Å². The minimum Gasteiger partial charge on any atom is -0.426 e. The van der Waals surface area contributed by atoms with Crippen LogP contribution in [0.5, 0.6) is 5.75 Å². The highest BCUT2D eigenvalue weighted by Gasteiger charge is 2.50. The smallest absolute Gasteiger partial charge is 0.316 e. The highest BCUT2D eigenvalue weighted by molar-refractivity contribution is 6.22. The monoisotopic (exact) mass is 488 g/mol. The lowest BCUT2D eigenvalue weighted by Gasteiger charge is -2.25. The first-order chi connectivity index (χ1) is 17.2. The first-order valence-corrected chi connectivity index (χ1v) is 12.8. The number of hydrogen-bond donors (Lipinski definition) is 0. The van der Waals surface area contributed by atoms with Gasteiger partial charge in [-0.15, -0.1) is 0 Å².